The van der Waals surface area contributed by atoms with Gasteiger partial charge in [0.1, 0.15) is 5.82 Å². The molecule has 1 aromatic rings. The second kappa shape index (κ2) is 5.79. The quantitative estimate of drug-likeness (QED) is 0.845. The number of nitrogens with one attached hydrogen (secondary N) is 1. The molecule has 0 bridgehead atoms. The number of primary amides is 1. The Balaban J connectivity index is 1.81. The van der Waals surface area contributed by atoms with E-state index in [1.807, 2.05) is 0 Å². The monoisotopic (exact) mass is 274 g/mol. The largest absolute Gasteiger partial charge is 0.365 e. The lowest BCUT2D eigenvalue weighted by atomic mass is 9.97. The van der Waals surface area contributed by atoms with Gasteiger partial charge in [-0.15, -0.1) is 0 Å². The number of carbonyl (C=O) groups is 1. The summed E-state index contributed by atoms with van der Waals surface area (Å²) in [6.07, 6.45) is 6.53. The first-order valence-electron chi connectivity index (χ1n) is 7.48. The van der Waals surface area contributed by atoms with Crippen LogP contribution in [0, 0.1) is 5.92 Å². The van der Waals surface area contributed by atoms with Gasteiger partial charge in [0, 0.05) is 18.8 Å². The Morgan fingerprint density at radius 3 is 2.75 bits per heavy atom. The van der Waals surface area contributed by atoms with Crippen LogP contribution in [0.1, 0.15) is 36.0 Å². The number of rotatable bonds is 5. The molecule has 3 N–H and O–H groups in total. The Morgan fingerprint density at radius 2 is 2.10 bits per heavy atom. The molecule has 1 aliphatic carbocycles. The number of piperidine rings is 1. The number of amides is 1. The Kier molecular flexibility index (Phi) is 3.87. The zero-order valence-electron chi connectivity index (χ0n) is 11.7. The van der Waals surface area contributed by atoms with E-state index in [9.17, 15) is 4.79 Å². The molecule has 0 unspecified atom stereocenters. The van der Waals surface area contributed by atoms with Gasteiger partial charge in [-0.05, 0) is 56.8 Å². The SMILES string of the molecule is NC(=O)c1cccnc1N(CC1CCNCC1)C1CC1. The molecule has 1 saturated heterocycles. The van der Waals surface area contributed by atoms with Crippen molar-refractivity contribution in [3.05, 3.63) is 23.9 Å². The summed E-state index contributed by atoms with van der Waals surface area (Å²) in [6.45, 7) is 3.17. The van der Waals surface area contributed by atoms with Crippen molar-refractivity contribution in [3.8, 4) is 0 Å². The summed E-state index contributed by atoms with van der Waals surface area (Å²) in [7, 11) is 0. The smallest absolute Gasteiger partial charge is 0.252 e. The minimum absolute atomic E-state index is 0.385. The first-order chi connectivity index (χ1) is 9.75. The summed E-state index contributed by atoms with van der Waals surface area (Å²) in [6, 6.07) is 4.10. The molecule has 3 rings (SSSR count). The van der Waals surface area contributed by atoms with Gasteiger partial charge < -0.3 is 16.0 Å². The molecule has 2 fully saturated rings. The first-order valence-corrected chi connectivity index (χ1v) is 7.48. The third-order valence-corrected chi connectivity index (χ3v) is 4.23. The van der Waals surface area contributed by atoms with Gasteiger partial charge in [-0.3, -0.25) is 4.79 Å². The predicted octanol–water partition coefficient (Wildman–Crippen LogP) is 1.15. The molecule has 1 amide bonds. The molecule has 0 aromatic carbocycles. The second-order valence-electron chi connectivity index (χ2n) is 5.82. The van der Waals surface area contributed by atoms with E-state index in [2.05, 4.69) is 15.2 Å². The van der Waals surface area contributed by atoms with E-state index >= 15 is 0 Å². The van der Waals surface area contributed by atoms with Crippen molar-refractivity contribution >= 4 is 11.7 Å². The van der Waals surface area contributed by atoms with Crippen molar-refractivity contribution in [2.75, 3.05) is 24.5 Å². The van der Waals surface area contributed by atoms with Crippen molar-refractivity contribution in [2.45, 2.75) is 31.7 Å². The summed E-state index contributed by atoms with van der Waals surface area (Å²) in [5.41, 5.74) is 6.04. The predicted molar refractivity (Wildman–Crippen MR) is 78.7 cm³/mol. The van der Waals surface area contributed by atoms with Crippen LogP contribution in [0.2, 0.25) is 0 Å². The zero-order chi connectivity index (χ0) is 13.9. The lowest BCUT2D eigenvalue weighted by molar-refractivity contribution is 0.100. The Morgan fingerprint density at radius 1 is 1.35 bits per heavy atom. The van der Waals surface area contributed by atoms with Crippen LogP contribution in [-0.4, -0.2) is 36.6 Å². The van der Waals surface area contributed by atoms with Crippen LogP contribution in [-0.2, 0) is 0 Å². The molecular formula is C15H22N4O. The van der Waals surface area contributed by atoms with E-state index in [-0.39, 0.29) is 5.91 Å². The molecule has 2 heterocycles. The number of nitrogens with zero attached hydrogens (tertiary/aromatic N) is 2. The molecule has 2 aliphatic rings. The van der Waals surface area contributed by atoms with Crippen molar-refractivity contribution < 1.29 is 4.79 Å². The molecule has 0 atom stereocenters. The maximum atomic E-state index is 11.6. The Hall–Kier alpha value is -1.62. The Bertz CT molecular complexity index is 481. The van der Waals surface area contributed by atoms with Crippen LogP contribution in [0.25, 0.3) is 0 Å². The van der Waals surface area contributed by atoms with Gasteiger partial charge in [0.25, 0.3) is 5.91 Å². The highest BCUT2D eigenvalue weighted by atomic mass is 16.1. The third-order valence-electron chi connectivity index (χ3n) is 4.23. The van der Waals surface area contributed by atoms with Gasteiger partial charge >= 0.3 is 0 Å². The van der Waals surface area contributed by atoms with Gasteiger partial charge in [-0.1, -0.05) is 0 Å². The summed E-state index contributed by atoms with van der Waals surface area (Å²) >= 11 is 0. The molecule has 108 valence electrons. The van der Waals surface area contributed by atoms with Gasteiger partial charge in [0.2, 0.25) is 0 Å². The highest BCUT2D eigenvalue weighted by molar-refractivity contribution is 5.97. The fraction of sp³-hybridized carbons (Fsp3) is 0.600. The number of aromatic nitrogens is 1. The van der Waals surface area contributed by atoms with E-state index in [0.717, 1.165) is 25.5 Å². The summed E-state index contributed by atoms with van der Waals surface area (Å²) in [4.78, 5) is 18.4. The van der Waals surface area contributed by atoms with Gasteiger partial charge in [-0.25, -0.2) is 4.98 Å². The van der Waals surface area contributed by atoms with Gasteiger partial charge in [0.15, 0.2) is 0 Å². The standard InChI is InChI=1S/C15H22N4O/c16-14(20)13-2-1-7-18-15(13)19(12-3-4-12)10-11-5-8-17-9-6-11/h1-2,7,11-12,17H,3-6,8-10H2,(H2,16,20). The lowest BCUT2D eigenvalue weighted by Crippen LogP contribution is -2.38. The van der Waals surface area contributed by atoms with Crippen molar-refractivity contribution in [1.29, 1.82) is 0 Å². The van der Waals surface area contributed by atoms with Crippen molar-refractivity contribution in [3.63, 3.8) is 0 Å². The van der Waals surface area contributed by atoms with E-state index < -0.39 is 0 Å². The normalized spacial score (nSPS) is 19.8. The molecule has 20 heavy (non-hydrogen) atoms. The van der Waals surface area contributed by atoms with Crippen LogP contribution in [0.4, 0.5) is 5.82 Å². The lowest BCUT2D eigenvalue weighted by Gasteiger charge is -2.31. The van der Waals surface area contributed by atoms with Gasteiger partial charge in [0.05, 0.1) is 5.56 Å². The molecule has 1 saturated carbocycles. The van der Waals surface area contributed by atoms with E-state index in [0.29, 0.717) is 17.5 Å². The molecule has 1 aliphatic heterocycles. The molecule has 0 radical (unpaired) electrons. The van der Waals surface area contributed by atoms with Crippen molar-refractivity contribution in [2.24, 2.45) is 11.7 Å². The zero-order valence-corrected chi connectivity index (χ0v) is 11.7. The second-order valence-corrected chi connectivity index (χ2v) is 5.82. The number of carbonyl (C=O) groups excluding carboxylic acids is 1. The third kappa shape index (κ3) is 2.93. The maximum Gasteiger partial charge on any atom is 0.252 e. The van der Waals surface area contributed by atoms with Crippen molar-refractivity contribution in [1.82, 2.24) is 10.3 Å². The first kappa shape index (κ1) is 13.4. The van der Waals surface area contributed by atoms with Crippen LogP contribution >= 0.6 is 0 Å². The maximum absolute atomic E-state index is 11.6. The van der Waals surface area contributed by atoms with E-state index in [1.54, 1.807) is 18.3 Å². The minimum atomic E-state index is -0.385. The Labute approximate surface area is 119 Å². The fourth-order valence-corrected chi connectivity index (χ4v) is 2.96. The van der Waals surface area contributed by atoms with E-state index in [4.69, 9.17) is 5.73 Å². The topological polar surface area (TPSA) is 71.2 Å². The van der Waals surface area contributed by atoms with Crippen LogP contribution in [0.5, 0.6) is 0 Å². The van der Waals surface area contributed by atoms with E-state index in [1.165, 1.54) is 25.7 Å². The average molecular weight is 274 g/mol. The molecule has 5 nitrogen and oxygen atoms in total. The summed E-state index contributed by atoms with van der Waals surface area (Å²) < 4.78 is 0. The number of nitrogens with two attached hydrogens (primary N) is 1. The van der Waals surface area contributed by atoms with Crippen LogP contribution < -0.4 is 16.0 Å². The van der Waals surface area contributed by atoms with Crippen LogP contribution in [0.3, 0.4) is 0 Å². The summed E-state index contributed by atoms with van der Waals surface area (Å²) in [5.74, 6) is 1.07. The minimum Gasteiger partial charge on any atom is -0.365 e. The molecule has 1 aromatic heterocycles. The highest BCUT2D eigenvalue weighted by Crippen LogP contribution is 2.33. The van der Waals surface area contributed by atoms with Gasteiger partial charge in [-0.2, -0.15) is 0 Å². The number of hydrogen-bond acceptors (Lipinski definition) is 4. The highest BCUT2D eigenvalue weighted by Gasteiger charge is 2.33. The molecular weight excluding hydrogens is 252 g/mol. The fourth-order valence-electron chi connectivity index (χ4n) is 2.96. The number of pyridine rings is 1. The summed E-state index contributed by atoms with van der Waals surface area (Å²) in [5, 5.41) is 3.39. The molecule has 5 heteroatoms. The number of anilines is 1. The number of hydrogen-bond donors (Lipinski definition) is 2. The average Bonchev–Trinajstić information content (AvgIpc) is 3.30. The van der Waals surface area contributed by atoms with Crippen LogP contribution in [0.15, 0.2) is 18.3 Å². The molecule has 0 spiro atoms.